The Bertz CT molecular complexity index is 732. The summed E-state index contributed by atoms with van der Waals surface area (Å²) in [6, 6.07) is 2.07. The van der Waals surface area contributed by atoms with Crippen LogP contribution in [0.5, 0.6) is 0 Å². The van der Waals surface area contributed by atoms with Crippen molar-refractivity contribution < 1.29 is 9.26 Å². The van der Waals surface area contributed by atoms with Gasteiger partial charge in [-0.15, -0.1) is 11.3 Å². The lowest BCUT2D eigenvalue weighted by atomic mass is 10.1. The molecule has 3 aromatic heterocycles. The van der Waals surface area contributed by atoms with Gasteiger partial charge in [-0.2, -0.15) is 10.1 Å². The maximum absolute atomic E-state index is 5.41. The lowest BCUT2D eigenvalue weighted by molar-refractivity contribution is 0.192. The first-order valence-electron chi connectivity index (χ1n) is 6.57. The Hall–Kier alpha value is -1.73. The molecule has 4 heterocycles. The van der Waals surface area contributed by atoms with Gasteiger partial charge in [0.1, 0.15) is 4.83 Å². The summed E-state index contributed by atoms with van der Waals surface area (Å²) in [6.07, 6.45) is 0.967. The van der Waals surface area contributed by atoms with Crippen molar-refractivity contribution in [2.24, 2.45) is 7.05 Å². The summed E-state index contributed by atoms with van der Waals surface area (Å²) in [4.78, 5) is 6.64. The van der Waals surface area contributed by atoms with Crippen molar-refractivity contribution in [3.63, 3.8) is 0 Å². The molecule has 7 heteroatoms. The van der Waals surface area contributed by atoms with E-state index in [4.69, 9.17) is 9.26 Å². The van der Waals surface area contributed by atoms with Crippen LogP contribution in [0, 0.1) is 6.92 Å². The lowest BCUT2D eigenvalue weighted by Gasteiger charge is -1.97. The first kappa shape index (κ1) is 12.0. The van der Waals surface area contributed by atoms with Crippen molar-refractivity contribution in [3.8, 4) is 10.8 Å². The van der Waals surface area contributed by atoms with Gasteiger partial charge in [-0.3, -0.25) is 4.68 Å². The van der Waals surface area contributed by atoms with Gasteiger partial charge in [0.2, 0.25) is 0 Å². The largest absolute Gasteiger partial charge is 0.381 e. The summed E-state index contributed by atoms with van der Waals surface area (Å²) in [6.45, 7) is 3.48. The van der Waals surface area contributed by atoms with Crippen molar-refractivity contribution in [2.45, 2.75) is 19.3 Å². The Labute approximate surface area is 119 Å². The Morgan fingerprint density at radius 3 is 3.10 bits per heavy atom. The zero-order chi connectivity index (χ0) is 13.7. The minimum absolute atomic E-state index is 0.269. The molecule has 20 heavy (non-hydrogen) atoms. The van der Waals surface area contributed by atoms with Crippen molar-refractivity contribution in [1.29, 1.82) is 0 Å². The molecule has 3 aromatic rings. The van der Waals surface area contributed by atoms with Gasteiger partial charge in [0.25, 0.3) is 5.89 Å². The van der Waals surface area contributed by atoms with Crippen molar-refractivity contribution in [3.05, 3.63) is 17.6 Å². The molecular formula is C13H14N4O2S. The Morgan fingerprint density at radius 2 is 2.35 bits per heavy atom. The minimum Gasteiger partial charge on any atom is -0.381 e. The fraction of sp³-hybridized carbons (Fsp3) is 0.462. The van der Waals surface area contributed by atoms with Crippen LogP contribution in [0.4, 0.5) is 0 Å². The number of aryl methyl sites for hydroxylation is 2. The van der Waals surface area contributed by atoms with Gasteiger partial charge in [0.15, 0.2) is 5.82 Å². The molecule has 1 aliphatic rings. The lowest BCUT2D eigenvalue weighted by Crippen LogP contribution is -1.99. The van der Waals surface area contributed by atoms with E-state index in [0.717, 1.165) is 39.6 Å². The van der Waals surface area contributed by atoms with E-state index in [9.17, 15) is 0 Å². The molecule has 0 N–H and O–H groups in total. The molecule has 1 aliphatic heterocycles. The quantitative estimate of drug-likeness (QED) is 0.725. The van der Waals surface area contributed by atoms with Gasteiger partial charge in [-0.25, -0.2) is 0 Å². The molecule has 0 bridgehead atoms. The van der Waals surface area contributed by atoms with E-state index in [2.05, 4.69) is 21.3 Å². The van der Waals surface area contributed by atoms with Crippen LogP contribution in [0.2, 0.25) is 0 Å². The number of ether oxygens (including phenoxy) is 1. The Morgan fingerprint density at radius 1 is 1.45 bits per heavy atom. The van der Waals surface area contributed by atoms with Gasteiger partial charge in [-0.1, -0.05) is 5.16 Å². The molecule has 0 aliphatic carbocycles. The molecule has 0 unspecified atom stereocenters. The molecule has 0 saturated carbocycles. The third-order valence-corrected chi connectivity index (χ3v) is 4.83. The number of nitrogens with zero attached hydrogens (tertiary/aromatic N) is 4. The zero-order valence-corrected chi connectivity index (χ0v) is 12.1. The van der Waals surface area contributed by atoms with Gasteiger partial charge in [-0.05, 0) is 19.4 Å². The van der Waals surface area contributed by atoms with E-state index in [-0.39, 0.29) is 5.92 Å². The molecule has 1 atom stereocenters. The standard InChI is InChI=1S/C13H14N4O2S/c1-7-9-5-10(20-13(9)17(2)15-7)12-14-11(16-19-12)8-3-4-18-6-8/h5,8H,3-4,6H2,1-2H3/t8-/m1/s1. The number of aromatic nitrogens is 4. The molecule has 104 valence electrons. The third kappa shape index (κ3) is 1.77. The smallest absolute Gasteiger partial charge is 0.268 e. The predicted molar refractivity (Wildman–Crippen MR) is 74.8 cm³/mol. The SMILES string of the molecule is Cc1nn(C)c2sc(-c3nc([C@@H]4CCOC4)no3)cc12. The van der Waals surface area contributed by atoms with E-state index in [1.54, 1.807) is 11.3 Å². The number of rotatable bonds is 2. The van der Waals surface area contributed by atoms with Crippen molar-refractivity contribution in [1.82, 2.24) is 19.9 Å². The second kappa shape index (κ2) is 4.39. The summed E-state index contributed by atoms with van der Waals surface area (Å²) in [5.41, 5.74) is 1.02. The van der Waals surface area contributed by atoms with Crippen LogP contribution in [0.15, 0.2) is 10.6 Å². The highest BCUT2D eigenvalue weighted by Crippen LogP contribution is 2.34. The third-order valence-electron chi connectivity index (χ3n) is 3.64. The normalized spacial score (nSPS) is 19.2. The van der Waals surface area contributed by atoms with Crippen LogP contribution in [0.1, 0.15) is 23.9 Å². The minimum atomic E-state index is 0.269. The molecule has 0 aromatic carbocycles. The van der Waals surface area contributed by atoms with Crippen LogP contribution in [0.3, 0.4) is 0 Å². The molecule has 1 saturated heterocycles. The molecule has 0 radical (unpaired) electrons. The molecule has 0 amide bonds. The van der Waals surface area contributed by atoms with Gasteiger partial charge < -0.3 is 9.26 Å². The molecule has 0 spiro atoms. The summed E-state index contributed by atoms with van der Waals surface area (Å²) >= 11 is 1.63. The molecule has 6 nitrogen and oxygen atoms in total. The van der Waals surface area contributed by atoms with E-state index in [0.29, 0.717) is 12.5 Å². The second-order valence-corrected chi connectivity index (χ2v) is 6.09. The van der Waals surface area contributed by atoms with Crippen LogP contribution >= 0.6 is 11.3 Å². The summed E-state index contributed by atoms with van der Waals surface area (Å²) in [5.74, 6) is 1.61. The topological polar surface area (TPSA) is 66.0 Å². The van der Waals surface area contributed by atoms with E-state index in [1.165, 1.54) is 0 Å². The first-order valence-corrected chi connectivity index (χ1v) is 7.39. The fourth-order valence-corrected chi connectivity index (χ4v) is 3.59. The van der Waals surface area contributed by atoms with E-state index >= 15 is 0 Å². The highest BCUT2D eigenvalue weighted by atomic mass is 32.1. The zero-order valence-electron chi connectivity index (χ0n) is 11.3. The number of hydrogen-bond donors (Lipinski definition) is 0. The second-order valence-electron chi connectivity index (χ2n) is 5.06. The number of thiophene rings is 1. The number of hydrogen-bond acceptors (Lipinski definition) is 6. The Kier molecular flexibility index (Phi) is 2.64. The molecule has 4 rings (SSSR count). The predicted octanol–water partition coefficient (Wildman–Crippen LogP) is 2.50. The van der Waals surface area contributed by atoms with Gasteiger partial charge in [0.05, 0.1) is 17.2 Å². The summed E-state index contributed by atoms with van der Waals surface area (Å²) in [7, 11) is 1.95. The summed E-state index contributed by atoms with van der Waals surface area (Å²) in [5, 5.41) is 9.64. The average Bonchev–Trinajstić information content (AvgIpc) is 3.17. The number of fused-ring (bicyclic) bond motifs is 1. The molecule has 1 fully saturated rings. The molecular weight excluding hydrogens is 276 g/mol. The van der Waals surface area contributed by atoms with Crippen LogP contribution < -0.4 is 0 Å². The van der Waals surface area contributed by atoms with Crippen molar-refractivity contribution >= 4 is 21.6 Å². The van der Waals surface area contributed by atoms with Gasteiger partial charge >= 0.3 is 0 Å². The first-order chi connectivity index (χ1) is 9.72. The van der Waals surface area contributed by atoms with Crippen LogP contribution in [-0.4, -0.2) is 33.1 Å². The fourth-order valence-electron chi connectivity index (χ4n) is 2.55. The highest BCUT2D eigenvalue weighted by molar-refractivity contribution is 7.21. The maximum atomic E-state index is 5.41. The highest BCUT2D eigenvalue weighted by Gasteiger charge is 2.24. The maximum Gasteiger partial charge on any atom is 0.268 e. The Balaban J connectivity index is 1.73. The van der Waals surface area contributed by atoms with E-state index < -0.39 is 0 Å². The van der Waals surface area contributed by atoms with E-state index in [1.807, 2.05) is 18.7 Å². The monoisotopic (exact) mass is 290 g/mol. The van der Waals surface area contributed by atoms with Crippen molar-refractivity contribution in [2.75, 3.05) is 13.2 Å². The van der Waals surface area contributed by atoms with Gasteiger partial charge in [0, 0.05) is 25.0 Å². The average molecular weight is 290 g/mol. The van der Waals surface area contributed by atoms with Crippen LogP contribution in [0.25, 0.3) is 21.0 Å². The summed E-state index contributed by atoms with van der Waals surface area (Å²) < 4.78 is 12.7. The van der Waals surface area contributed by atoms with Crippen LogP contribution in [-0.2, 0) is 11.8 Å².